The Morgan fingerprint density at radius 3 is 2.39 bits per heavy atom. The lowest BCUT2D eigenvalue weighted by Crippen LogP contribution is -2.20. The molecule has 0 aliphatic rings. The molecule has 0 amide bonds. The molecule has 0 radical (unpaired) electrons. The van der Waals surface area contributed by atoms with Crippen molar-refractivity contribution in [2.24, 2.45) is 5.10 Å². The highest BCUT2D eigenvalue weighted by Gasteiger charge is 2.20. The van der Waals surface area contributed by atoms with Crippen molar-refractivity contribution in [3.05, 3.63) is 57.6 Å². The molecular formula is C18H21N3O6S. The van der Waals surface area contributed by atoms with Gasteiger partial charge in [0.2, 0.25) is 0 Å². The summed E-state index contributed by atoms with van der Waals surface area (Å²) < 4.78 is 35.5. The standard InChI is InChI=1S/C18H21N3O6S/c1-5-15(13-7-9-17(26-3)18(10-13)27-4)19-20-28(24,25)14-8-6-12(2)16(11-14)21(22)23/h6-11,20H,5H2,1-4H3/b19-15+. The molecule has 0 atom stereocenters. The fourth-order valence-electron chi connectivity index (χ4n) is 2.48. The van der Waals surface area contributed by atoms with E-state index in [1.54, 1.807) is 18.2 Å². The predicted molar refractivity (Wildman–Crippen MR) is 105 cm³/mol. The highest BCUT2D eigenvalue weighted by Crippen LogP contribution is 2.28. The first-order valence-corrected chi connectivity index (χ1v) is 9.77. The number of hydrogen-bond acceptors (Lipinski definition) is 7. The van der Waals surface area contributed by atoms with Crippen LogP contribution >= 0.6 is 0 Å². The molecule has 0 saturated heterocycles. The molecule has 2 rings (SSSR count). The molecule has 0 heterocycles. The maximum absolute atomic E-state index is 12.5. The molecule has 1 N–H and O–H groups in total. The smallest absolute Gasteiger partial charge is 0.276 e. The van der Waals surface area contributed by atoms with Crippen LogP contribution in [0.3, 0.4) is 0 Å². The first kappa shape index (κ1) is 21.2. The van der Waals surface area contributed by atoms with Crippen LogP contribution in [0.2, 0.25) is 0 Å². The average molecular weight is 407 g/mol. The van der Waals surface area contributed by atoms with Gasteiger partial charge in [-0.05, 0) is 37.6 Å². The minimum absolute atomic E-state index is 0.240. The van der Waals surface area contributed by atoms with Gasteiger partial charge in [-0.3, -0.25) is 10.1 Å². The second-order valence-electron chi connectivity index (χ2n) is 5.78. The summed E-state index contributed by atoms with van der Waals surface area (Å²) in [7, 11) is -1.06. The van der Waals surface area contributed by atoms with Crippen molar-refractivity contribution in [2.45, 2.75) is 25.2 Å². The number of nitrogens with one attached hydrogen (secondary N) is 1. The number of ether oxygens (including phenoxy) is 2. The third-order valence-corrected chi connectivity index (χ3v) is 5.25. The van der Waals surface area contributed by atoms with Crippen molar-refractivity contribution in [2.75, 3.05) is 14.2 Å². The van der Waals surface area contributed by atoms with E-state index in [-0.39, 0.29) is 10.6 Å². The quantitative estimate of drug-likeness (QED) is 0.408. The van der Waals surface area contributed by atoms with Gasteiger partial charge < -0.3 is 9.47 Å². The maximum Gasteiger partial charge on any atom is 0.276 e. The number of nitro benzene ring substituents is 1. The van der Waals surface area contributed by atoms with Crippen molar-refractivity contribution in [3.63, 3.8) is 0 Å². The van der Waals surface area contributed by atoms with Crippen molar-refractivity contribution in [1.82, 2.24) is 4.83 Å². The molecule has 0 fully saturated rings. The SMILES string of the molecule is CC/C(=N\NS(=O)(=O)c1ccc(C)c([N+](=O)[O-])c1)c1ccc(OC)c(OC)c1. The number of sulfonamides is 1. The molecule has 0 aromatic heterocycles. The van der Waals surface area contributed by atoms with Gasteiger partial charge in [-0.15, -0.1) is 0 Å². The highest BCUT2D eigenvalue weighted by molar-refractivity contribution is 7.89. The number of benzene rings is 2. The van der Waals surface area contributed by atoms with E-state index in [4.69, 9.17) is 9.47 Å². The monoisotopic (exact) mass is 407 g/mol. The first-order chi connectivity index (χ1) is 13.2. The number of rotatable bonds is 8. The van der Waals surface area contributed by atoms with Crippen LogP contribution < -0.4 is 14.3 Å². The largest absolute Gasteiger partial charge is 0.493 e. The summed E-state index contributed by atoms with van der Waals surface area (Å²) in [5.41, 5.74) is 1.21. The Morgan fingerprint density at radius 1 is 1.14 bits per heavy atom. The van der Waals surface area contributed by atoms with E-state index in [9.17, 15) is 18.5 Å². The van der Waals surface area contributed by atoms with Crippen LogP contribution in [0.4, 0.5) is 5.69 Å². The van der Waals surface area contributed by atoms with Gasteiger partial charge in [0.15, 0.2) is 11.5 Å². The summed E-state index contributed by atoms with van der Waals surface area (Å²) in [4.78, 5) is 12.3. The average Bonchev–Trinajstić information content (AvgIpc) is 2.68. The maximum atomic E-state index is 12.5. The van der Waals surface area contributed by atoms with Gasteiger partial charge in [-0.2, -0.15) is 18.4 Å². The van der Waals surface area contributed by atoms with Gasteiger partial charge in [0.25, 0.3) is 15.7 Å². The van der Waals surface area contributed by atoms with E-state index >= 15 is 0 Å². The van der Waals surface area contributed by atoms with Crippen LogP contribution in [0.25, 0.3) is 0 Å². The molecule has 0 bridgehead atoms. The van der Waals surface area contributed by atoms with Crippen LogP contribution in [0, 0.1) is 17.0 Å². The normalized spacial score (nSPS) is 11.8. The van der Waals surface area contributed by atoms with E-state index < -0.39 is 14.9 Å². The van der Waals surface area contributed by atoms with Crippen molar-refractivity contribution in [1.29, 1.82) is 0 Å². The molecule has 150 valence electrons. The Kier molecular flexibility index (Phi) is 6.57. The highest BCUT2D eigenvalue weighted by atomic mass is 32.2. The molecule has 0 unspecified atom stereocenters. The van der Waals surface area contributed by atoms with Crippen LogP contribution in [0.15, 0.2) is 46.4 Å². The zero-order chi connectivity index (χ0) is 20.9. The van der Waals surface area contributed by atoms with Crippen LogP contribution in [0.1, 0.15) is 24.5 Å². The van der Waals surface area contributed by atoms with Gasteiger partial charge in [0.05, 0.1) is 29.8 Å². The molecule has 0 saturated carbocycles. The Morgan fingerprint density at radius 2 is 1.82 bits per heavy atom. The summed E-state index contributed by atoms with van der Waals surface area (Å²) in [5.74, 6) is 1.02. The lowest BCUT2D eigenvalue weighted by molar-refractivity contribution is -0.385. The van der Waals surface area contributed by atoms with Crippen LogP contribution in [-0.4, -0.2) is 33.3 Å². The molecule has 0 aliphatic heterocycles. The van der Waals surface area contributed by atoms with Crippen LogP contribution in [-0.2, 0) is 10.0 Å². The number of nitro groups is 1. The summed E-state index contributed by atoms with van der Waals surface area (Å²) >= 11 is 0. The molecule has 10 heteroatoms. The topological polar surface area (TPSA) is 120 Å². The lowest BCUT2D eigenvalue weighted by atomic mass is 10.1. The van der Waals surface area contributed by atoms with Crippen molar-refractivity contribution >= 4 is 21.4 Å². The van der Waals surface area contributed by atoms with Crippen LogP contribution in [0.5, 0.6) is 11.5 Å². The molecule has 2 aromatic carbocycles. The van der Waals surface area contributed by atoms with E-state index in [1.807, 2.05) is 6.92 Å². The van der Waals surface area contributed by atoms with Gasteiger partial charge in [0.1, 0.15) is 0 Å². The zero-order valence-corrected chi connectivity index (χ0v) is 16.7. The van der Waals surface area contributed by atoms with E-state index in [2.05, 4.69) is 9.93 Å². The second-order valence-corrected chi connectivity index (χ2v) is 7.44. The van der Waals surface area contributed by atoms with Gasteiger partial charge in [-0.25, -0.2) is 0 Å². The summed E-state index contributed by atoms with van der Waals surface area (Å²) in [6.07, 6.45) is 0.437. The minimum Gasteiger partial charge on any atom is -0.493 e. The van der Waals surface area contributed by atoms with Crippen molar-refractivity contribution < 1.29 is 22.8 Å². The van der Waals surface area contributed by atoms with E-state index in [0.29, 0.717) is 34.8 Å². The molecular weight excluding hydrogens is 386 g/mol. The molecule has 9 nitrogen and oxygen atoms in total. The number of hydrazone groups is 1. The first-order valence-electron chi connectivity index (χ1n) is 8.29. The Hall–Kier alpha value is -3.14. The number of nitrogens with zero attached hydrogens (tertiary/aromatic N) is 2. The van der Waals surface area contributed by atoms with E-state index in [1.165, 1.54) is 33.3 Å². The molecule has 28 heavy (non-hydrogen) atoms. The molecule has 0 spiro atoms. The van der Waals surface area contributed by atoms with Gasteiger partial charge >= 0.3 is 0 Å². The summed E-state index contributed by atoms with van der Waals surface area (Å²) in [6, 6.07) is 8.79. The Balaban J connectivity index is 2.36. The fraction of sp³-hybridized carbons (Fsp3) is 0.278. The zero-order valence-electron chi connectivity index (χ0n) is 15.9. The fourth-order valence-corrected chi connectivity index (χ4v) is 3.33. The Bertz CT molecular complexity index is 1020. The Labute approximate surface area is 163 Å². The third kappa shape index (κ3) is 4.58. The number of methoxy groups -OCH3 is 2. The molecule has 2 aromatic rings. The van der Waals surface area contributed by atoms with Gasteiger partial charge in [0, 0.05) is 17.2 Å². The second kappa shape index (κ2) is 8.70. The van der Waals surface area contributed by atoms with Crippen molar-refractivity contribution in [3.8, 4) is 11.5 Å². The summed E-state index contributed by atoms with van der Waals surface area (Å²) in [5, 5.41) is 15.1. The number of hydrogen-bond donors (Lipinski definition) is 1. The van der Waals surface area contributed by atoms with E-state index in [0.717, 1.165) is 6.07 Å². The predicted octanol–water partition coefficient (Wildman–Crippen LogP) is 3.01. The number of aryl methyl sites for hydroxylation is 1. The third-order valence-electron chi connectivity index (χ3n) is 4.04. The lowest BCUT2D eigenvalue weighted by Gasteiger charge is -2.11. The minimum atomic E-state index is -4.07. The molecule has 0 aliphatic carbocycles. The van der Waals surface area contributed by atoms with Gasteiger partial charge in [-0.1, -0.05) is 13.0 Å². The summed E-state index contributed by atoms with van der Waals surface area (Å²) in [6.45, 7) is 3.35.